The third-order valence-electron chi connectivity index (χ3n) is 2.04. The van der Waals surface area contributed by atoms with Crippen molar-refractivity contribution in [2.24, 2.45) is 5.73 Å². The molecule has 0 spiro atoms. The van der Waals surface area contributed by atoms with Crippen LogP contribution in [0.5, 0.6) is 0 Å². The maximum Gasteiger partial charge on any atom is 0.159 e. The summed E-state index contributed by atoms with van der Waals surface area (Å²) in [6.07, 6.45) is 0. The summed E-state index contributed by atoms with van der Waals surface area (Å²) in [5.74, 6) is -0.330. The number of benzene rings is 1. The van der Waals surface area contributed by atoms with Crippen molar-refractivity contribution in [3.05, 3.63) is 40.8 Å². The van der Waals surface area contributed by atoms with Gasteiger partial charge < -0.3 is 5.73 Å². The number of nitriles is 1. The van der Waals surface area contributed by atoms with Gasteiger partial charge in [0.1, 0.15) is 16.9 Å². The van der Waals surface area contributed by atoms with Crippen LogP contribution in [0, 0.1) is 17.1 Å². The van der Waals surface area contributed by atoms with Gasteiger partial charge in [-0.2, -0.15) is 5.26 Å². The molecule has 0 saturated carbocycles. The standard InChI is InChI=1S/C11H8FN3S/c12-8-3-1-2-7(4-8)11-9(5-13)15-10(6-14)16-11/h1-4H,6,14H2. The Balaban J connectivity index is 2.55. The van der Waals surface area contributed by atoms with Crippen LogP contribution >= 0.6 is 11.3 Å². The Morgan fingerprint density at radius 1 is 1.50 bits per heavy atom. The van der Waals surface area contributed by atoms with E-state index in [1.54, 1.807) is 12.1 Å². The Labute approximate surface area is 96.0 Å². The molecule has 0 aliphatic carbocycles. The van der Waals surface area contributed by atoms with Gasteiger partial charge in [0.15, 0.2) is 5.69 Å². The highest BCUT2D eigenvalue weighted by Crippen LogP contribution is 2.30. The van der Waals surface area contributed by atoms with Crippen molar-refractivity contribution in [3.8, 4) is 16.5 Å². The smallest absolute Gasteiger partial charge is 0.159 e. The van der Waals surface area contributed by atoms with Gasteiger partial charge in [0.2, 0.25) is 0 Å². The highest BCUT2D eigenvalue weighted by Gasteiger charge is 2.12. The number of rotatable bonds is 2. The Morgan fingerprint density at radius 2 is 2.31 bits per heavy atom. The normalized spacial score (nSPS) is 10.1. The highest BCUT2D eigenvalue weighted by molar-refractivity contribution is 7.15. The molecular weight excluding hydrogens is 225 g/mol. The minimum absolute atomic E-state index is 0.286. The van der Waals surface area contributed by atoms with Crippen molar-refractivity contribution >= 4 is 11.3 Å². The lowest BCUT2D eigenvalue weighted by molar-refractivity contribution is 0.628. The summed E-state index contributed by atoms with van der Waals surface area (Å²) >= 11 is 1.32. The molecule has 0 radical (unpaired) electrons. The van der Waals surface area contributed by atoms with Crippen molar-refractivity contribution in [2.45, 2.75) is 6.54 Å². The molecule has 5 heteroatoms. The maximum absolute atomic E-state index is 13.1. The number of halogens is 1. The van der Waals surface area contributed by atoms with Crippen molar-refractivity contribution in [3.63, 3.8) is 0 Å². The first-order chi connectivity index (χ1) is 7.74. The van der Waals surface area contributed by atoms with Crippen LogP contribution in [0.25, 0.3) is 10.4 Å². The topological polar surface area (TPSA) is 62.7 Å². The Hall–Kier alpha value is -1.77. The van der Waals surface area contributed by atoms with Crippen LogP contribution in [0.1, 0.15) is 10.7 Å². The van der Waals surface area contributed by atoms with Gasteiger partial charge in [-0.3, -0.25) is 0 Å². The minimum Gasteiger partial charge on any atom is -0.325 e. The summed E-state index contributed by atoms with van der Waals surface area (Å²) < 4.78 is 13.1. The third kappa shape index (κ3) is 1.94. The van der Waals surface area contributed by atoms with Crippen molar-refractivity contribution in [1.82, 2.24) is 4.98 Å². The lowest BCUT2D eigenvalue weighted by Crippen LogP contribution is -1.94. The summed E-state index contributed by atoms with van der Waals surface area (Å²) in [7, 11) is 0. The molecule has 0 aliphatic heterocycles. The van der Waals surface area contributed by atoms with Gasteiger partial charge in [-0.15, -0.1) is 11.3 Å². The number of hydrogen-bond donors (Lipinski definition) is 1. The second-order valence-electron chi connectivity index (χ2n) is 3.11. The summed E-state index contributed by atoms with van der Waals surface area (Å²) in [5, 5.41) is 9.59. The molecule has 0 saturated heterocycles. The summed E-state index contributed by atoms with van der Waals surface area (Å²) in [4.78, 5) is 4.73. The number of nitrogens with zero attached hydrogens (tertiary/aromatic N) is 2. The van der Waals surface area contributed by atoms with E-state index in [1.807, 2.05) is 6.07 Å². The Morgan fingerprint density at radius 3 is 2.94 bits per heavy atom. The van der Waals surface area contributed by atoms with Gasteiger partial charge in [-0.1, -0.05) is 12.1 Å². The molecule has 2 rings (SSSR count). The molecule has 16 heavy (non-hydrogen) atoms. The third-order valence-corrected chi connectivity index (χ3v) is 3.17. The van der Waals surface area contributed by atoms with E-state index in [2.05, 4.69) is 4.98 Å². The van der Waals surface area contributed by atoms with Gasteiger partial charge in [-0.25, -0.2) is 9.37 Å². The van der Waals surface area contributed by atoms with E-state index in [9.17, 15) is 4.39 Å². The lowest BCUT2D eigenvalue weighted by atomic mass is 10.1. The molecule has 1 heterocycles. The summed E-state index contributed by atoms with van der Waals surface area (Å²) in [6, 6.07) is 8.09. The zero-order chi connectivity index (χ0) is 11.5. The molecule has 0 aliphatic rings. The van der Waals surface area contributed by atoms with Gasteiger partial charge in [0.05, 0.1) is 4.88 Å². The lowest BCUT2D eigenvalue weighted by Gasteiger charge is -1.96. The second-order valence-corrected chi connectivity index (χ2v) is 4.20. The second kappa shape index (κ2) is 4.39. The van der Waals surface area contributed by atoms with Crippen LogP contribution in [0.15, 0.2) is 24.3 Å². The molecular formula is C11H8FN3S. The van der Waals surface area contributed by atoms with Crippen LogP contribution in [0.4, 0.5) is 4.39 Å². The van der Waals surface area contributed by atoms with Gasteiger partial charge in [0.25, 0.3) is 0 Å². The zero-order valence-electron chi connectivity index (χ0n) is 8.27. The molecule has 1 aromatic carbocycles. The molecule has 0 bridgehead atoms. The van der Waals surface area contributed by atoms with Gasteiger partial charge >= 0.3 is 0 Å². The molecule has 0 atom stereocenters. The fourth-order valence-electron chi connectivity index (χ4n) is 1.35. The van der Waals surface area contributed by atoms with Gasteiger partial charge in [-0.05, 0) is 17.7 Å². The fraction of sp³-hybridized carbons (Fsp3) is 0.0909. The van der Waals surface area contributed by atoms with Crippen LogP contribution < -0.4 is 5.73 Å². The van der Waals surface area contributed by atoms with Crippen LogP contribution in [-0.2, 0) is 6.54 Å². The predicted octanol–water partition coefficient (Wildman–Crippen LogP) is 2.28. The van der Waals surface area contributed by atoms with E-state index in [0.717, 1.165) is 0 Å². The largest absolute Gasteiger partial charge is 0.325 e. The molecule has 0 unspecified atom stereocenters. The SMILES string of the molecule is N#Cc1nc(CN)sc1-c1cccc(F)c1. The summed E-state index contributed by atoms with van der Waals surface area (Å²) in [6.45, 7) is 0.286. The zero-order valence-corrected chi connectivity index (χ0v) is 9.09. The monoisotopic (exact) mass is 233 g/mol. The van der Waals surface area contributed by atoms with Crippen molar-refractivity contribution in [2.75, 3.05) is 0 Å². The van der Waals surface area contributed by atoms with Crippen LogP contribution in [0.2, 0.25) is 0 Å². The summed E-state index contributed by atoms with van der Waals surface area (Å²) in [5.41, 5.74) is 6.42. The number of hydrogen-bond acceptors (Lipinski definition) is 4. The van der Waals surface area contributed by atoms with E-state index in [-0.39, 0.29) is 12.4 Å². The average molecular weight is 233 g/mol. The molecule has 1 aromatic heterocycles. The van der Waals surface area contributed by atoms with Gasteiger partial charge in [0, 0.05) is 6.54 Å². The maximum atomic E-state index is 13.1. The van der Waals surface area contributed by atoms with E-state index >= 15 is 0 Å². The molecule has 2 aromatic rings. The van der Waals surface area contributed by atoms with Crippen molar-refractivity contribution in [1.29, 1.82) is 5.26 Å². The fourth-order valence-corrected chi connectivity index (χ4v) is 2.24. The van der Waals surface area contributed by atoms with E-state index in [0.29, 0.717) is 21.1 Å². The Bertz CT molecular complexity index is 557. The molecule has 80 valence electrons. The molecule has 3 nitrogen and oxygen atoms in total. The van der Waals surface area contributed by atoms with E-state index in [1.165, 1.54) is 23.5 Å². The predicted molar refractivity (Wildman–Crippen MR) is 60.1 cm³/mol. The molecule has 2 N–H and O–H groups in total. The minimum atomic E-state index is -0.330. The highest BCUT2D eigenvalue weighted by atomic mass is 32.1. The van der Waals surface area contributed by atoms with Crippen LogP contribution in [-0.4, -0.2) is 4.98 Å². The number of aromatic nitrogens is 1. The first-order valence-corrected chi connectivity index (χ1v) is 5.42. The quantitative estimate of drug-likeness (QED) is 0.865. The number of nitrogens with two attached hydrogens (primary N) is 1. The molecule has 0 fully saturated rings. The first kappa shape index (κ1) is 10.7. The number of thiazole rings is 1. The van der Waals surface area contributed by atoms with E-state index in [4.69, 9.17) is 11.0 Å². The van der Waals surface area contributed by atoms with E-state index < -0.39 is 0 Å². The Kier molecular flexibility index (Phi) is 2.95. The average Bonchev–Trinajstić information content (AvgIpc) is 2.72. The van der Waals surface area contributed by atoms with Crippen molar-refractivity contribution < 1.29 is 4.39 Å². The van der Waals surface area contributed by atoms with Crippen LogP contribution in [0.3, 0.4) is 0 Å². The molecule has 0 amide bonds. The first-order valence-electron chi connectivity index (χ1n) is 4.60.